The molecule has 0 amide bonds. The molecule has 0 saturated heterocycles. The molecule has 0 heterocycles. The van der Waals surface area contributed by atoms with Crippen molar-refractivity contribution in [1.29, 1.82) is 0 Å². The Labute approximate surface area is 101 Å². The van der Waals surface area contributed by atoms with Crippen LogP contribution in [0.3, 0.4) is 0 Å². The minimum atomic E-state index is -0.0165. The van der Waals surface area contributed by atoms with E-state index in [1.807, 2.05) is 19.1 Å². The summed E-state index contributed by atoms with van der Waals surface area (Å²) in [5.41, 5.74) is 8.17. The number of benzene rings is 1. The first-order valence-corrected chi connectivity index (χ1v) is 6.71. The molecule has 0 aliphatic rings. The van der Waals surface area contributed by atoms with E-state index in [9.17, 15) is 0 Å². The van der Waals surface area contributed by atoms with Crippen molar-refractivity contribution in [2.45, 2.75) is 31.6 Å². The molecule has 0 fully saturated rings. The highest BCUT2D eigenvalue weighted by atomic mass is 32.2. The average molecular weight is 240 g/mol. The van der Waals surface area contributed by atoms with E-state index >= 15 is 0 Å². The van der Waals surface area contributed by atoms with Crippen molar-refractivity contribution in [1.82, 2.24) is 0 Å². The Balaban J connectivity index is 3.06. The molecule has 4 N–H and O–H groups in total. The molecule has 0 spiro atoms. The fourth-order valence-electron chi connectivity index (χ4n) is 1.57. The van der Waals surface area contributed by atoms with Gasteiger partial charge in [0, 0.05) is 16.9 Å². The maximum Gasteiger partial charge on any atom is 0.151 e. The van der Waals surface area contributed by atoms with E-state index in [1.165, 1.54) is 5.56 Å². The third kappa shape index (κ3) is 2.90. The van der Waals surface area contributed by atoms with Gasteiger partial charge in [-0.25, -0.2) is 0 Å². The van der Waals surface area contributed by atoms with Gasteiger partial charge in [-0.05, 0) is 31.2 Å². The Morgan fingerprint density at radius 3 is 2.62 bits per heavy atom. The number of hydrogen-bond acceptors (Lipinski definition) is 4. The Morgan fingerprint density at radius 2 is 2.12 bits per heavy atom. The van der Waals surface area contributed by atoms with Crippen molar-refractivity contribution in [2.24, 2.45) is 11.6 Å². The lowest BCUT2D eigenvalue weighted by molar-refractivity contribution is 0.327. The standard InChI is InChI=1S/C12H20N2OS/c1-4-11(13)10-6-5-9(8(2)16-3)7-12(10)15-14/h5-8,11H,4,13-14H2,1-3H3. The van der Waals surface area contributed by atoms with Gasteiger partial charge in [0.2, 0.25) is 0 Å². The molecule has 1 rings (SSSR count). The number of thioether (sulfide) groups is 1. The summed E-state index contributed by atoms with van der Waals surface area (Å²) >= 11 is 1.79. The van der Waals surface area contributed by atoms with Gasteiger partial charge in [-0.1, -0.05) is 19.1 Å². The van der Waals surface area contributed by atoms with Crippen molar-refractivity contribution in [3.63, 3.8) is 0 Å². The Hall–Kier alpha value is -0.710. The molecule has 4 heteroatoms. The van der Waals surface area contributed by atoms with Crippen LogP contribution in [-0.2, 0) is 0 Å². The van der Waals surface area contributed by atoms with Crippen LogP contribution in [0.25, 0.3) is 0 Å². The molecule has 0 saturated carbocycles. The molecule has 0 aliphatic carbocycles. The molecular weight excluding hydrogens is 220 g/mol. The third-order valence-corrected chi connectivity index (χ3v) is 3.81. The zero-order chi connectivity index (χ0) is 12.1. The fourth-order valence-corrected chi connectivity index (χ4v) is 1.99. The second-order valence-electron chi connectivity index (χ2n) is 3.81. The zero-order valence-electron chi connectivity index (χ0n) is 10.1. The van der Waals surface area contributed by atoms with Gasteiger partial charge in [0.15, 0.2) is 5.75 Å². The molecule has 0 bridgehead atoms. The second kappa shape index (κ2) is 6.13. The van der Waals surface area contributed by atoms with Crippen LogP contribution >= 0.6 is 11.8 Å². The minimum absolute atomic E-state index is 0.0165. The van der Waals surface area contributed by atoms with Gasteiger partial charge in [0.25, 0.3) is 0 Å². The molecule has 2 unspecified atom stereocenters. The summed E-state index contributed by atoms with van der Waals surface area (Å²) in [5, 5.41) is 0.431. The van der Waals surface area contributed by atoms with Gasteiger partial charge < -0.3 is 10.6 Å². The van der Waals surface area contributed by atoms with Crippen LogP contribution in [0.15, 0.2) is 18.2 Å². The Kier molecular flexibility index (Phi) is 5.12. The Morgan fingerprint density at radius 1 is 1.44 bits per heavy atom. The first-order chi connectivity index (χ1) is 7.63. The summed E-state index contributed by atoms with van der Waals surface area (Å²) in [4.78, 5) is 4.91. The Bertz CT molecular complexity index is 344. The first-order valence-electron chi connectivity index (χ1n) is 5.43. The smallest absolute Gasteiger partial charge is 0.151 e. The highest BCUT2D eigenvalue weighted by Crippen LogP contribution is 2.32. The number of rotatable bonds is 5. The van der Waals surface area contributed by atoms with Crippen molar-refractivity contribution >= 4 is 11.8 Å². The van der Waals surface area contributed by atoms with Crippen LogP contribution in [0.1, 0.15) is 42.7 Å². The van der Waals surface area contributed by atoms with Gasteiger partial charge in [-0.2, -0.15) is 17.7 Å². The molecule has 1 aromatic rings. The average Bonchev–Trinajstić information content (AvgIpc) is 2.35. The second-order valence-corrected chi connectivity index (χ2v) is 4.99. The summed E-state index contributed by atoms with van der Waals surface area (Å²) in [5.74, 6) is 5.98. The molecule has 0 aliphatic heterocycles. The molecule has 2 atom stereocenters. The summed E-state index contributed by atoms with van der Waals surface area (Å²) in [7, 11) is 0. The summed E-state index contributed by atoms with van der Waals surface area (Å²) in [6.07, 6.45) is 2.95. The van der Waals surface area contributed by atoms with Gasteiger partial charge in [0.1, 0.15) is 0 Å². The SMILES string of the molecule is CCC(N)c1ccc(C(C)SC)cc1ON. The van der Waals surface area contributed by atoms with Crippen LogP contribution in [-0.4, -0.2) is 6.26 Å². The normalized spacial score (nSPS) is 14.6. The lowest BCUT2D eigenvalue weighted by Crippen LogP contribution is -2.13. The topological polar surface area (TPSA) is 61.3 Å². The van der Waals surface area contributed by atoms with E-state index in [1.54, 1.807) is 11.8 Å². The zero-order valence-corrected chi connectivity index (χ0v) is 10.9. The summed E-state index contributed by atoms with van der Waals surface area (Å²) in [6.45, 7) is 4.20. The van der Waals surface area contributed by atoms with E-state index in [2.05, 4.69) is 19.2 Å². The van der Waals surface area contributed by atoms with Crippen LogP contribution < -0.4 is 16.5 Å². The monoisotopic (exact) mass is 240 g/mol. The molecule has 3 nitrogen and oxygen atoms in total. The van der Waals surface area contributed by atoms with Crippen LogP contribution in [0.4, 0.5) is 0 Å². The number of nitrogens with two attached hydrogens (primary N) is 2. The van der Waals surface area contributed by atoms with Gasteiger partial charge in [-0.15, -0.1) is 0 Å². The van der Waals surface area contributed by atoms with Crippen molar-refractivity contribution < 1.29 is 4.84 Å². The lowest BCUT2D eigenvalue weighted by atomic mass is 10.0. The van der Waals surface area contributed by atoms with Gasteiger partial charge in [0.05, 0.1) is 0 Å². The fraction of sp³-hybridized carbons (Fsp3) is 0.500. The molecule has 16 heavy (non-hydrogen) atoms. The molecule has 0 radical (unpaired) electrons. The predicted octanol–water partition coefficient (Wildman–Crippen LogP) is 2.77. The maximum absolute atomic E-state index is 5.99. The first kappa shape index (κ1) is 13.4. The highest BCUT2D eigenvalue weighted by molar-refractivity contribution is 7.98. The van der Waals surface area contributed by atoms with E-state index < -0.39 is 0 Å². The van der Waals surface area contributed by atoms with Crippen molar-refractivity contribution in [3.05, 3.63) is 29.3 Å². The summed E-state index contributed by atoms with van der Waals surface area (Å²) in [6, 6.07) is 6.07. The van der Waals surface area contributed by atoms with Crippen LogP contribution in [0, 0.1) is 0 Å². The quantitative estimate of drug-likeness (QED) is 0.777. The molecule has 1 aromatic carbocycles. The lowest BCUT2D eigenvalue weighted by Gasteiger charge is -2.16. The minimum Gasteiger partial charge on any atom is -0.411 e. The van der Waals surface area contributed by atoms with E-state index in [4.69, 9.17) is 16.5 Å². The van der Waals surface area contributed by atoms with E-state index in [-0.39, 0.29) is 6.04 Å². The largest absolute Gasteiger partial charge is 0.411 e. The number of hydrogen-bond donors (Lipinski definition) is 2. The van der Waals surface area contributed by atoms with Crippen molar-refractivity contribution in [3.8, 4) is 5.75 Å². The molecule has 90 valence electrons. The van der Waals surface area contributed by atoms with Gasteiger partial charge >= 0.3 is 0 Å². The maximum atomic E-state index is 5.99. The summed E-state index contributed by atoms with van der Waals surface area (Å²) < 4.78 is 0. The van der Waals surface area contributed by atoms with Crippen LogP contribution in [0.5, 0.6) is 5.75 Å². The van der Waals surface area contributed by atoms with Crippen LogP contribution in [0.2, 0.25) is 0 Å². The highest BCUT2D eigenvalue weighted by Gasteiger charge is 2.13. The van der Waals surface area contributed by atoms with E-state index in [0.717, 1.165) is 12.0 Å². The molecular formula is C12H20N2OS. The molecule has 0 aromatic heterocycles. The predicted molar refractivity (Wildman–Crippen MR) is 70.4 cm³/mol. The van der Waals surface area contributed by atoms with E-state index in [0.29, 0.717) is 11.0 Å². The third-order valence-electron chi connectivity index (χ3n) is 2.83. The van der Waals surface area contributed by atoms with Gasteiger partial charge in [-0.3, -0.25) is 0 Å². The van der Waals surface area contributed by atoms with Crippen molar-refractivity contribution in [2.75, 3.05) is 6.26 Å².